The van der Waals surface area contributed by atoms with Gasteiger partial charge in [0.25, 0.3) is 0 Å². The molecule has 0 atom stereocenters. The Morgan fingerprint density at radius 2 is 0.914 bits per heavy atom. The fraction of sp³-hybridized carbons (Fsp3) is 0.0714. The van der Waals surface area contributed by atoms with Crippen LogP contribution in [-0.4, -0.2) is 0 Å². The molecule has 0 aromatic heterocycles. The third kappa shape index (κ3) is 4.50. The van der Waals surface area contributed by atoms with Crippen molar-refractivity contribution in [3.63, 3.8) is 0 Å². The van der Waals surface area contributed by atoms with Crippen LogP contribution in [0.4, 0.5) is 17.1 Å². The topological polar surface area (TPSA) is 3.24 Å². The molecule has 2 heteroatoms. The minimum atomic E-state index is -0.505. The van der Waals surface area contributed by atoms with E-state index in [-0.39, 0.29) is 5.41 Å². The summed E-state index contributed by atoms with van der Waals surface area (Å²) in [6.07, 6.45) is 0. The summed E-state index contributed by atoms with van der Waals surface area (Å²) in [7, 11) is 0. The number of para-hydroxylation sites is 1. The van der Waals surface area contributed by atoms with Crippen LogP contribution in [0.5, 0.6) is 0 Å². The van der Waals surface area contributed by atoms with E-state index >= 15 is 0 Å². The zero-order valence-corrected chi connectivity index (χ0v) is 33.2. The maximum Gasteiger partial charge on any atom is 0.0736 e. The van der Waals surface area contributed by atoms with E-state index in [1.807, 2.05) is 11.8 Å². The van der Waals surface area contributed by atoms with Crippen LogP contribution in [0.2, 0.25) is 0 Å². The van der Waals surface area contributed by atoms with Gasteiger partial charge in [-0.15, -0.1) is 0 Å². The predicted molar refractivity (Wildman–Crippen MR) is 243 cm³/mol. The van der Waals surface area contributed by atoms with Gasteiger partial charge in [-0.1, -0.05) is 195 Å². The Morgan fingerprint density at radius 1 is 0.379 bits per heavy atom. The molecule has 9 aromatic carbocycles. The van der Waals surface area contributed by atoms with Gasteiger partial charge in [0.05, 0.1) is 16.8 Å². The molecule has 1 spiro atoms. The van der Waals surface area contributed by atoms with Crippen LogP contribution in [0.1, 0.15) is 47.2 Å². The molecule has 1 heterocycles. The van der Waals surface area contributed by atoms with E-state index in [1.165, 1.54) is 93.0 Å². The van der Waals surface area contributed by atoms with Gasteiger partial charge in [-0.3, -0.25) is 0 Å². The molecule has 0 unspecified atom stereocenters. The lowest BCUT2D eigenvalue weighted by Crippen LogP contribution is -2.32. The second kappa shape index (κ2) is 12.4. The molecule has 0 N–H and O–H groups in total. The summed E-state index contributed by atoms with van der Waals surface area (Å²) in [5.74, 6) is 0. The number of nitrogens with zero attached hydrogens (tertiary/aromatic N) is 1. The molecular formula is C56H39NS. The molecule has 2 aliphatic carbocycles. The predicted octanol–water partition coefficient (Wildman–Crippen LogP) is 15.1. The van der Waals surface area contributed by atoms with Crippen LogP contribution >= 0.6 is 11.8 Å². The standard InChI is InChI=1S/C56H39NS/c1-55(2)45-26-12-8-21-39(45)42-33-32-37(34-49(42)55)57(51-30-16-11-20-38(51)36-18-4-3-5-19-36)52-35-50-54(44-25-7-6-24-43(44)52)58-53-31-17-15-29-48(53)56(50)46-27-13-9-22-40(46)41-23-10-14-28-47(41)56/h3-35H,1-2H3. The van der Waals surface area contributed by atoms with Crippen molar-refractivity contribution < 1.29 is 0 Å². The molecule has 0 saturated heterocycles. The van der Waals surface area contributed by atoms with Gasteiger partial charge in [-0.2, -0.15) is 0 Å². The Hall–Kier alpha value is -6.61. The maximum absolute atomic E-state index is 2.57. The van der Waals surface area contributed by atoms with Crippen molar-refractivity contribution in [2.75, 3.05) is 4.90 Å². The van der Waals surface area contributed by atoms with Gasteiger partial charge >= 0.3 is 0 Å². The van der Waals surface area contributed by atoms with Crippen molar-refractivity contribution in [2.45, 2.75) is 34.5 Å². The summed E-state index contributed by atoms with van der Waals surface area (Å²) in [4.78, 5) is 5.20. The highest BCUT2D eigenvalue weighted by atomic mass is 32.2. The number of hydrogen-bond acceptors (Lipinski definition) is 2. The van der Waals surface area contributed by atoms with Crippen molar-refractivity contribution in [1.29, 1.82) is 0 Å². The van der Waals surface area contributed by atoms with Gasteiger partial charge in [-0.05, 0) is 96.9 Å². The first-order valence-electron chi connectivity index (χ1n) is 20.3. The molecule has 0 radical (unpaired) electrons. The number of anilines is 3. The Bertz CT molecular complexity index is 3090. The molecule has 0 fully saturated rings. The summed E-state index contributed by atoms with van der Waals surface area (Å²) in [6, 6.07) is 75.0. The van der Waals surface area contributed by atoms with Gasteiger partial charge in [0.1, 0.15) is 0 Å². The van der Waals surface area contributed by atoms with Crippen molar-refractivity contribution >= 4 is 39.6 Å². The highest BCUT2D eigenvalue weighted by Crippen LogP contribution is 2.64. The van der Waals surface area contributed by atoms with E-state index in [0.29, 0.717) is 0 Å². The molecule has 0 saturated carbocycles. The zero-order valence-electron chi connectivity index (χ0n) is 32.4. The average Bonchev–Trinajstić information content (AvgIpc) is 3.70. The highest BCUT2D eigenvalue weighted by Gasteiger charge is 2.51. The summed E-state index contributed by atoms with van der Waals surface area (Å²) in [6.45, 7) is 4.76. The van der Waals surface area contributed by atoms with Crippen molar-refractivity contribution in [3.05, 3.63) is 234 Å². The smallest absolute Gasteiger partial charge is 0.0736 e. The lowest BCUT2D eigenvalue weighted by molar-refractivity contribution is 0.660. The number of rotatable bonds is 4. The fourth-order valence-electron chi connectivity index (χ4n) is 10.6. The van der Waals surface area contributed by atoms with E-state index in [0.717, 1.165) is 11.4 Å². The van der Waals surface area contributed by atoms with Gasteiger partial charge in [0, 0.05) is 31.8 Å². The van der Waals surface area contributed by atoms with Crippen LogP contribution in [0.3, 0.4) is 0 Å². The Labute approximate surface area is 344 Å². The lowest BCUT2D eigenvalue weighted by atomic mass is 9.67. The Morgan fingerprint density at radius 3 is 1.64 bits per heavy atom. The van der Waals surface area contributed by atoms with Crippen LogP contribution in [0.15, 0.2) is 210 Å². The summed E-state index contributed by atoms with van der Waals surface area (Å²) in [5, 5.41) is 2.50. The van der Waals surface area contributed by atoms with Gasteiger partial charge in [-0.25, -0.2) is 0 Å². The van der Waals surface area contributed by atoms with Gasteiger partial charge < -0.3 is 4.90 Å². The minimum absolute atomic E-state index is 0.147. The number of benzene rings is 9. The van der Waals surface area contributed by atoms with E-state index in [1.54, 1.807) is 0 Å². The van der Waals surface area contributed by atoms with Crippen LogP contribution in [0.25, 0.3) is 44.2 Å². The molecule has 1 aliphatic heterocycles. The average molecular weight is 758 g/mol. The molecule has 0 amide bonds. The van der Waals surface area contributed by atoms with Crippen molar-refractivity contribution in [1.82, 2.24) is 0 Å². The van der Waals surface area contributed by atoms with E-state index < -0.39 is 5.41 Å². The summed E-state index contributed by atoms with van der Waals surface area (Å²) in [5.41, 5.74) is 18.6. The normalized spacial score (nSPS) is 14.6. The highest BCUT2D eigenvalue weighted by molar-refractivity contribution is 7.99. The molecule has 12 rings (SSSR count). The van der Waals surface area contributed by atoms with E-state index in [4.69, 9.17) is 0 Å². The monoisotopic (exact) mass is 757 g/mol. The summed E-state index contributed by atoms with van der Waals surface area (Å²) < 4.78 is 0. The van der Waals surface area contributed by atoms with Crippen LogP contribution < -0.4 is 4.90 Å². The minimum Gasteiger partial charge on any atom is -0.309 e. The van der Waals surface area contributed by atoms with Crippen molar-refractivity contribution in [2.24, 2.45) is 0 Å². The first-order chi connectivity index (χ1) is 28.5. The molecule has 274 valence electrons. The van der Waals surface area contributed by atoms with Crippen LogP contribution in [-0.2, 0) is 10.8 Å². The second-order valence-electron chi connectivity index (χ2n) is 16.4. The zero-order chi connectivity index (χ0) is 38.6. The first kappa shape index (κ1) is 33.5. The van der Waals surface area contributed by atoms with Crippen LogP contribution in [0, 0.1) is 0 Å². The molecular weight excluding hydrogens is 719 g/mol. The van der Waals surface area contributed by atoms with E-state index in [2.05, 4.69) is 219 Å². The molecule has 3 aliphatic rings. The molecule has 1 nitrogen and oxygen atoms in total. The lowest BCUT2D eigenvalue weighted by Gasteiger charge is -2.41. The third-order valence-electron chi connectivity index (χ3n) is 13.1. The van der Waals surface area contributed by atoms with Gasteiger partial charge in [0.15, 0.2) is 0 Å². The Balaban J connectivity index is 1.21. The SMILES string of the molecule is CC1(C)c2ccccc2-c2ccc(N(c3ccccc3-c3ccccc3)c3cc4c(c5ccccc35)Sc3ccccc3C43c4ccccc4-c4ccccc43)cc21. The quantitative estimate of drug-likeness (QED) is 0.176. The fourth-order valence-corrected chi connectivity index (χ4v) is 11.9. The third-order valence-corrected chi connectivity index (χ3v) is 14.3. The second-order valence-corrected chi connectivity index (χ2v) is 17.4. The van der Waals surface area contributed by atoms with Crippen molar-refractivity contribution in [3.8, 4) is 33.4 Å². The molecule has 9 aromatic rings. The molecule has 58 heavy (non-hydrogen) atoms. The van der Waals surface area contributed by atoms with Gasteiger partial charge in [0.2, 0.25) is 0 Å². The molecule has 0 bridgehead atoms. The number of fused-ring (bicyclic) bond motifs is 14. The Kier molecular flexibility index (Phi) is 7.19. The first-order valence-corrected chi connectivity index (χ1v) is 21.1. The summed E-state index contributed by atoms with van der Waals surface area (Å²) >= 11 is 1.92. The van der Waals surface area contributed by atoms with E-state index in [9.17, 15) is 0 Å². The maximum atomic E-state index is 2.57. The number of hydrogen-bond donors (Lipinski definition) is 0. The largest absolute Gasteiger partial charge is 0.309 e.